The van der Waals surface area contributed by atoms with E-state index in [1.165, 1.54) is 0 Å². The SMILES string of the molecule is CC1=C(C(=O)OC(C)C)[C@@H](c2ccc(N(C)C)cc2)n2nnnc2N1. The van der Waals surface area contributed by atoms with Crippen molar-refractivity contribution in [2.24, 2.45) is 0 Å². The molecule has 1 atom stereocenters. The maximum atomic E-state index is 12.7. The van der Waals surface area contributed by atoms with E-state index in [2.05, 4.69) is 20.8 Å². The lowest BCUT2D eigenvalue weighted by atomic mass is 9.95. The summed E-state index contributed by atoms with van der Waals surface area (Å²) in [5.74, 6) is 0.128. The molecule has 1 aliphatic heterocycles. The molecule has 8 heteroatoms. The molecule has 0 amide bonds. The summed E-state index contributed by atoms with van der Waals surface area (Å²) < 4.78 is 7.04. The standard InChI is InChI=1S/C17H22N6O2/c1-10(2)25-16(24)14-11(3)18-17-19-20-21-23(17)15(14)12-6-8-13(9-7-12)22(4)5/h6-10,15H,1-5H3,(H,18,19,21)/t15-/m1/s1. The fourth-order valence-electron chi connectivity index (χ4n) is 2.82. The molecule has 0 aliphatic carbocycles. The zero-order valence-corrected chi connectivity index (χ0v) is 15.0. The second kappa shape index (κ2) is 6.54. The van der Waals surface area contributed by atoms with Crippen LogP contribution in [0.5, 0.6) is 0 Å². The molecule has 0 radical (unpaired) electrons. The predicted octanol–water partition coefficient (Wildman–Crippen LogP) is 1.98. The van der Waals surface area contributed by atoms with Crippen molar-refractivity contribution in [3.8, 4) is 0 Å². The molecule has 3 rings (SSSR count). The molecule has 8 nitrogen and oxygen atoms in total. The van der Waals surface area contributed by atoms with Crippen LogP contribution < -0.4 is 10.2 Å². The van der Waals surface area contributed by atoms with E-state index in [9.17, 15) is 4.79 Å². The average molecular weight is 342 g/mol. The van der Waals surface area contributed by atoms with E-state index < -0.39 is 6.04 Å². The van der Waals surface area contributed by atoms with Gasteiger partial charge in [-0.05, 0) is 48.9 Å². The summed E-state index contributed by atoms with van der Waals surface area (Å²) in [5.41, 5.74) is 3.18. The molecular formula is C17H22N6O2. The third-order valence-corrected chi connectivity index (χ3v) is 4.00. The Bertz CT molecular complexity index is 807. The molecule has 0 fully saturated rings. The number of fused-ring (bicyclic) bond motifs is 1. The number of ether oxygens (including phenoxy) is 1. The van der Waals surface area contributed by atoms with Gasteiger partial charge in [0.2, 0.25) is 5.95 Å². The Kier molecular flexibility index (Phi) is 4.43. The van der Waals surface area contributed by atoms with E-state index in [4.69, 9.17) is 4.74 Å². The number of aromatic nitrogens is 4. The second-order valence-corrected chi connectivity index (χ2v) is 6.45. The van der Waals surface area contributed by atoms with E-state index in [0.29, 0.717) is 17.2 Å². The first-order valence-electron chi connectivity index (χ1n) is 8.12. The normalized spacial score (nSPS) is 16.5. The number of hydrogen-bond donors (Lipinski definition) is 1. The number of rotatable bonds is 4. The molecule has 1 N–H and O–H groups in total. The molecule has 1 aromatic heterocycles. The summed E-state index contributed by atoms with van der Waals surface area (Å²) in [6.07, 6.45) is -0.208. The van der Waals surface area contributed by atoms with Crippen molar-refractivity contribution in [1.82, 2.24) is 20.2 Å². The van der Waals surface area contributed by atoms with Crippen LogP contribution in [0.3, 0.4) is 0 Å². The summed E-state index contributed by atoms with van der Waals surface area (Å²) >= 11 is 0. The lowest BCUT2D eigenvalue weighted by molar-refractivity contribution is -0.143. The summed E-state index contributed by atoms with van der Waals surface area (Å²) in [7, 11) is 3.96. The number of hydrogen-bond acceptors (Lipinski definition) is 7. The van der Waals surface area contributed by atoms with Crippen LogP contribution in [0, 0.1) is 0 Å². The molecule has 132 valence electrons. The Labute approximate surface area is 146 Å². The van der Waals surface area contributed by atoms with Gasteiger partial charge in [0.1, 0.15) is 6.04 Å². The highest BCUT2D eigenvalue weighted by Gasteiger charge is 2.35. The van der Waals surface area contributed by atoms with E-state index >= 15 is 0 Å². The number of anilines is 2. The van der Waals surface area contributed by atoms with Crippen molar-refractivity contribution in [3.05, 3.63) is 41.1 Å². The molecule has 2 aromatic rings. The Balaban J connectivity index is 2.07. The topological polar surface area (TPSA) is 85.2 Å². The van der Waals surface area contributed by atoms with Crippen LogP contribution in [0.25, 0.3) is 0 Å². The Morgan fingerprint density at radius 3 is 2.56 bits per heavy atom. The van der Waals surface area contributed by atoms with Crippen LogP contribution >= 0.6 is 0 Å². The fraction of sp³-hybridized carbons (Fsp3) is 0.412. The van der Waals surface area contributed by atoms with E-state index in [1.54, 1.807) is 4.68 Å². The van der Waals surface area contributed by atoms with Gasteiger partial charge in [0.25, 0.3) is 0 Å². The number of carbonyl (C=O) groups is 1. The van der Waals surface area contributed by atoms with Gasteiger partial charge in [0.05, 0.1) is 11.7 Å². The van der Waals surface area contributed by atoms with Crippen LogP contribution in [-0.4, -0.2) is 46.4 Å². The van der Waals surface area contributed by atoms with Gasteiger partial charge in [0.15, 0.2) is 0 Å². The molecule has 0 unspecified atom stereocenters. The smallest absolute Gasteiger partial charge is 0.338 e. The third kappa shape index (κ3) is 3.19. The Morgan fingerprint density at radius 1 is 1.28 bits per heavy atom. The minimum Gasteiger partial charge on any atom is -0.459 e. The van der Waals surface area contributed by atoms with Crippen LogP contribution in [0.4, 0.5) is 11.6 Å². The van der Waals surface area contributed by atoms with Crippen molar-refractivity contribution < 1.29 is 9.53 Å². The van der Waals surface area contributed by atoms with E-state index in [0.717, 1.165) is 11.3 Å². The van der Waals surface area contributed by atoms with Crippen molar-refractivity contribution in [2.75, 3.05) is 24.3 Å². The molecule has 0 saturated heterocycles. The molecule has 2 heterocycles. The molecule has 0 saturated carbocycles. The first-order valence-corrected chi connectivity index (χ1v) is 8.12. The number of allylic oxidation sites excluding steroid dienone is 1. The number of nitrogens with zero attached hydrogens (tertiary/aromatic N) is 5. The summed E-state index contributed by atoms with van der Waals surface area (Å²) in [5, 5.41) is 14.8. The van der Waals surface area contributed by atoms with Crippen LogP contribution in [0.1, 0.15) is 32.4 Å². The second-order valence-electron chi connectivity index (χ2n) is 6.45. The maximum absolute atomic E-state index is 12.7. The predicted molar refractivity (Wildman–Crippen MR) is 94.3 cm³/mol. The number of tetrazole rings is 1. The highest BCUT2D eigenvalue weighted by molar-refractivity contribution is 5.92. The van der Waals surface area contributed by atoms with Gasteiger partial charge in [-0.25, -0.2) is 4.79 Å². The van der Waals surface area contributed by atoms with Gasteiger partial charge in [0, 0.05) is 25.5 Å². The van der Waals surface area contributed by atoms with Gasteiger partial charge in [-0.2, -0.15) is 4.68 Å². The van der Waals surface area contributed by atoms with Gasteiger partial charge in [-0.15, -0.1) is 0 Å². The minimum absolute atomic E-state index is 0.208. The molecule has 1 aromatic carbocycles. The number of nitrogens with one attached hydrogen (secondary N) is 1. The summed E-state index contributed by atoms with van der Waals surface area (Å²) in [4.78, 5) is 14.7. The van der Waals surface area contributed by atoms with E-state index in [-0.39, 0.29) is 12.1 Å². The summed E-state index contributed by atoms with van der Waals surface area (Å²) in [6, 6.07) is 7.53. The van der Waals surface area contributed by atoms with Crippen LogP contribution in [0.15, 0.2) is 35.5 Å². The number of carbonyl (C=O) groups excluding carboxylic acids is 1. The van der Waals surface area contributed by atoms with Gasteiger partial charge in [-0.3, -0.25) is 0 Å². The quantitative estimate of drug-likeness (QED) is 0.850. The van der Waals surface area contributed by atoms with Gasteiger partial charge >= 0.3 is 5.97 Å². The average Bonchev–Trinajstić information content (AvgIpc) is 3.00. The lowest BCUT2D eigenvalue weighted by Gasteiger charge is -2.28. The first kappa shape index (κ1) is 16.9. The van der Waals surface area contributed by atoms with Crippen molar-refractivity contribution in [2.45, 2.75) is 32.9 Å². The zero-order chi connectivity index (χ0) is 18.1. The molecule has 25 heavy (non-hydrogen) atoms. The van der Waals surface area contributed by atoms with Gasteiger partial charge in [-0.1, -0.05) is 17.2 Å². The van der Waals surface area contributed by atoms with Crippen LogP contribution in [0.2, 0.25) is 0 Å². The van der Waals surface area contributed by atoms with Gasteiger partial charge < -0.3 is 15.0 Å². The number of esters is 1. The minimum atomic E-state index is -0.436. The Hall–Kier alpha value is -2.90. The highest BCUT2D eigenvalue weighted by Crippen LogP contribution is 2.35. The zero-order valence-electron chi connectivity index (χ0n) is 15.0. The molecule has 1 aliphatic rings. The molecule has 0 spiro atoms. The molecule has 0 bridgehead atoms. The Morgan fingerprint density at radius 2 is 1.96 bits per heavy atom. The summed E-state index contributed by atoms with van der Waals surface area (Å²) in [6.45, 7) is 5.48. The van der Waals surface area contributed by atoms with E-state index in [1.807, 2.05) is 64.0 Å². The number of benzene rings is 1. The van der Waals surface area contributed by atoms with Crippen molar-refractivity contribution >= 4 is 17.6 Å². The van der Waals surface area contributed by atoms with Crippen molar-refractivity contribution in [1.29, 1.82) is 0 Å². The highest BCUT2D eigenvalue weighted by atomic mass is 16.5. The largest absolute Gasteiger partial charge is 0.459 e. The molecular weight excluding hydrogens is 320 g/mol. The first-order chi connectivity index (χ1) is 11.9. The lowest BCUT2D eigenvalue weighted by Crippen LogP contribution is -2.30. The third-order valence-electron chi connectivity index (χ3n) is 4.00. The monoisotopic (exact) mass is 342 g/mol. The maximum Gasteiger partial charge on any atom is 0.338 e. The van der Waals surface area contributed by atoms with Crippen molar-refractivity contribution in [3.63, 3.8) is 0 Å². The van der Waals surface area contributed by atoms with Crippen LogP contribution in [-0.2, 0) is 9.53 Å². The fourth-order valence-corrected chi connectivity index (χ4v) is 2.82.